The number of hydrogen-bond acceptors (Lipinski definition) is 5. The first-order chi connectivity index (χ1) is 8.27. The summed E-state index contributed by atoms with van der Waals surface area (Å²) in [6, 6.07) is 5.66. The number of benzene rings is 1. The number of aromatic nitrogens is 1. The van der Waals surface area contributed by atoms with Crippen molar-refractivity contribution in [1.82, 2.24) is 5.16 Å². The third kappa shape index (κ3) is 1.51. The molecule has 5 nitrogen and oxygen atoms in total. The SMILES string of the molecule is Cc1c(N)noc1-c1cccc2c1OCCO2. The van der Waals surface area contributed by atoms with Gasteiger partial charge >= 0.3 is 0 Å². The zero-order valence-electron chi connectivity index (χ0n) is 9.40. The predicted molar refractivity (Wildman–Crippen MR) is 62.1 cm³/mol. The monoisotopic (exact) mass is 232 g/mol. The number of nitrogens with two attached hydrogens (primary N) is 1. The molecule has 0 amide bonds. The Morgan fingerprint density at radius 2 is 2.06 bits per heavy atom. The average Bonchev–Trinajstić information content (AvgIpc) is 2.69. The molecule has 1 aliphatic heterocycles. The molecule has 0 radical (unpaired) electrons. The molecule has 5 heteroatoms. The van der Waals surface area contributed by atoms with Crippen molar-refractivity contribution < 1.29 is 14.0 Å². The van der Waals surface area contributed by atoms with Gasteiger partial charge in [0.1, 0.15) is 13.2 Å². The van der Waals surface area contributed by atoms with Gasteiger partial charge in [0.2, 0.25) is 0 Å². The van der Waals surface area contributed by atoms with Gasteiger partial charge in [-0.25, -0.2) is 0 Å². The zero-order valence-corrected chi connectivity index (χ0v) is 9.40. The molecule has 2 aromatic rings. The maximum Gasteiger partial charge on any atom is 0.175 e. The molecular weight excluding hydrogens is 220 g/mol. The van der Waals surface area contributed by atoms with Crippen molar-refractivity contribution in [1.29, 1.82) is 0 Å². The molecule has 0 unspecified atom stereocenters. The smallest absolute Gasteiger partial charge is 0.175 e. The minimum Gasteiger partial charge on any atom is -0.486 e. The van der Waals surface area contributed by atoms with Crippen LogP contribution in [0.1, 0.15) is 5.56 Å². The molecule has 0 aliphatic carbocycles. The van der Waals surface area contributed by atoms with Crippen molar-refractivity contribution in [3.63, 3.8) is 0 Å². The zero-order chi connectivity index (χ0) is 11.8. The van der Waals surface area contributed by atoms with Crippen molar-refractivity contribution in [2.45, 2.75) is 6.92 Å². The highest BCUT2D eigenvalue weighted by atomic mass is 16.6. The van der Waals surface area contributed by atoms with Crippen LogP contribution in [0.2, 0.25) is 0 Å². The summed E-state index contributed by atoms with van der Waals surface area (Å²) in [5.41, 5.74) is 7.31. The van der Waals surface area contributed by atoms with Gasteiger partial charge in [0.05, 0.1) is 5.56 Å². The number of para-hydroxylation sites is 1. The summed E-state index contributed by atoms with van der Waals surface area (Å²) in [5.74, 6) is 2.44. The maximum absolute atomic E-state index is 5.68. The Morgan fingerprint density at radius 3 is 2.82 bits per heavy atom. The molecule has 0 spiro atoms. The number of fused-ring (bicyclic) bond motifs is 1. The molecule has 0 fully saturated rings. The first-order valence-electron chi connectivity index (χ1n) is 5.38. The van der Waals surface area contributed by atoms with Crippen molar-refractivity contribution >= 4 is 5.82 Å². The van der Waals surface area contributed by atoms with E-state index in [1.807, 2.05) is 25.1 Å². The quantitative estimate of drug-likeness (QED) is 0.814. The van der Waals surface area contributed by atoms with E-state index in [-0.39, 0.29) is 0 Å². The van der Waals surface area contributed by atoms with Gasteiger partial charge in [0.15, 0.2) is 23.1 Å². The molecule has 1 aromatic carbocycles. The lowest BCUT2D eigenvalue weighted by molar-refractivity contribution is 0.172. The standard InChI is InChI=1S/C12H12N2O3/c1-7-10(17-14-12(7)13)8-3-2-4-9-11(8)16-6-5-15-9/h2-4H,5-6H2,1H3,(H2,13,14). The van der Waals surface area contributed by atoms with Crippen LogP contribution in [0.4, 0.5) is 5.82 Å². The van der Waals surface area contributed by atoms with E-state index in [4.69, 9.17) is 19.7 Å². The van der Waals surface area contributed by atoms with Crippen LogP contribution in [-0.4, -0.2) is 18.4 Å². The van der Waals surface area contributed by atoms with Gasteiger partial charge in [-0.05, 0) is 19.1 Å². The van der Waals surface area contributed by atoms with Crippen molar-refractivity contribution in [3.05, 3.63) is 23.8 Å². The molecule has 1 aliphatic rings. The predicted octanol–water partition coefficient (Wildman–Crippen LogP) is 2.00. The summed E-state index contributed by atoms with van der Waals surface area (Å²) < 4.78 is 16.4. The summed E-state index contributed by atoms with van der Waals surface area (Å²) in [6.07, 6.45) is 0. The van der Waals surface area contributed by atoms with Crippen LogP contribution < -0.4 is 15.2 Å². The number of hydrogen-bond donors (Lipinski definition) is 1. The molecular formula is C12H12N2O3. The van der Waals surface area contributed by atoms with E-state index in [2.05, 4.69) is 5.16 Å². The van der Waals surface area contributed by atoms with Crippen molar-refractivity contribution in [2.24, 2.45) is 0 Å². The fourth-order valence-corrected chi connectivity index (χ4v) is 1.85. The Bertz CT molecular complexity index is 563. The third-order valence-electron chi connectivity index (χ3n) is 2.77. The van der Waals surface area contributed by atoms with Crippen molar-refractivity contribution in [3.8, 4) is 22.8 Å². The second-order valence-electron chi connectivity index (χ2n) is 3.85. The highest BCUT2D eigenvalue weighted by Gasteiger charge is 2.21. The Labute approximate surface area is 98.1 Å². The fourth-order valence-electron chi connectivity index (χ4n) is 1.85. The van der Waals surface area contributed by atoms with Gasteiger partial charge in [-0.15, -0.1) is 0 Å². The Hall–Kier alpha value is -2.17. The van der Waals surface area contributed by atoms with Crippen LogP contribution in [0.5, 0.6) is 11.5 Å². The summed E-state index contributed by atoms with van der Waals surface area (Å²) in [4.78, 5) is 0. The van der Waals surface area contributed by atoms with E-state index < -0.39 is 0 Å². The topological polar surface area (TPSA) is 70.5 Å². The minimum absolute atomic E-state index is 0.398. The molecule has 0 saturated heterocycles. The second kappa shape index (κ2) is 3.69. The largest absolute Gasteiger partial charge is 0.486 e. The first-order valence-corrected chi connectivity index (χ1v) is 5.38. The van der Waals surface area contributed by atoms with Crippen LogP contribution in [0.15, 0.2) is 22.7 Å². The van der Waals surface area contributed by atoms with E-state index in [0.29, 0.717) is 30.5 Å². The van der Waals surface area contributed by atoms with Gasteiger partial charge in [0.25, 0.3) is 0 Å². The minimum atomic E-state index is 0.398. The number of rotatable bonds is 1. The van der Waals surface area contributed by atoms with Crippen LogP contribution in [0.3, 0.4) is 0 Å². The molecule has 2 N–H and O–H groups in total. The van der Waals surface area contributed by atoms with Crippen LogP contribution in [0.25, 0.3) is 11.3 Å². The van der Waals surface area contributed by atoms with Crippen LogP contribution in [-0.2, 0) is 0 Å². The van der Waals surface area contributed by atoms with E-state index in [0.717, 1.165) is 16.9 Å². The van der Waals surface area contributed by atoms with E-state index >= 15 is 0 Å². The van der Waals surface area contributed by atoms with Crippen LogP contribution >= 0.6 is 0 Å². The summed E-state index contributed by atoms with van der Waals surface area (Å²) in [7, 11) is 0. The summed E-state index contributed by atoms with van der Waals surface area (Å²) >= 11 is 0. The lowest BCUT2D eigenvalue weighted by atomic mass is 10.1. The van der Waals surface area contributed by atoms with Gasteiger partial charge in [0, 0.05) is 5.56 Å². The van der Waals surface area contributed by atoms with E-state index in [1.165, 1.54) is 0 Å². The summed E-state index contributed by atoms with van der Waals surface area (Å²) in [5, 5.41) is 3.75. The third-order valence-corrected chi connectivity index (χ3v) is 2.77. The van der Waals surface area contributed by atoms with Gasteiger partial charge < -0.3 is 19.7 Å². The molecule has 0 bridgehead atoms. The average molecular weight is 232 g/mol. The number of ether oxygens (including phenoxy) is 2. The molecule has 3 rings (SSSR count). The molecule has 2 heterocycles. The van der Waals surface area contributed by atoms with E-state index in [1.54, 1.807) is 0 Å². The van der Waals surface area contributed by atoms with E-state index in [9.17, 15) is 0 Å². The Kier molecular flexibility index (Phi) is 2.18. The maximum atomic E-state index is 5.68. The molecule has 0 atom stereocenters. The molecule has 88 valence electrons. The molecule has 0 saturated carbocycles. The number of nitrogens with zero attached hydrogens (tertiary/aromatic N) is 1. The van der Waals surface area contributed by atoms with Gasteiger partial charge in [-0.1, -0.05) is 11.2 Å². The van der Waals surface area contributed by atoms with Crippen LogP contribution in [0, 0.1) is 6.92 Å². The normalized spacial score (nSPS) is 13.7. The highest BCUT2D eigenvalue weighted by Crippen LogP contribution is 2.41. The van der Waals surface area contributed by atoms with Gasteiger partial charge in [-0.3, -0.25) is 0 Å². The number of anilines is 1. The lowest BCUT2D eigenvalue weighted by Gasteiger charge is -2.20. The van der Waals surface area contributed by atoms with Gasteiger partial charge in [-0.2, -0.15) is 0 Å². The first kappa shape index (κ1) is 10.0. The summed E-state index contributed by atoms with van der Waals surface area (Å²) in [6.45, 7) is 2.96. The Balaban J connectivity index is 2.18. The molecule has 17 heavy (non-hydrogen) atoms. The number of nitrogen functional groups attached to an aromatic ring is 1. The molecule has 1 aromatic heterocycles. The fraction of sp³-hybridized carbons (Fsp3) is 0.250. The Morgan fingerprint density at radius 1 is 1.24 bits per heavy atom. The lowest BCUT2D eigenvalue weighted by Crippen LogP contribution is -2.15. The highest BCUT2D eigenvalue weighted by molar-refractivity contribution is 5.74. The second-order valence-corrected chi connectivity index (χ2v) is 3.85. The van der Waals surface area contributed by atoms with Crippen molar-refractivity contribution in [2.75, 3.05) is 18.9 Å².